The molecule has 4 saturated carbocycles. The molecule has 266 valence electrons. The average Bonchev–Trinajstić information content (AvgIpc) is 3.17. The average molecular weight is 667 g/mol. The second-order valence-corrected chi connectivity index (χ2v) is 18.2. The molecule has 6 rings (SSSR count). The molecule has 0 aliphatic heterocycles. The number of carbonyl (C=O) groups is 2. The van der Waals surface area contributed by atoms with Crippen LogP contribution in [0.5, 0.6) is 5.75 Å². The van der Waals surface area contributed by atoms with Crippen LogP contribution in [0.4, 0.5) is 0 Å². The maximum Gasteiger partial charge on any atom is 0.306 e. The number of ether oxygens (including phenoxy) is 2. The molecule has 4 fully saturated rings. The monoisotopic (exact) mass is 666 g/mol. The molecule has 0 spiro atoms. The molecule has 0 unspecified atom stereocenters. The zero-order valence-corrected chi connectivity index (χ0v) is 30.2. The Morgan fingerprint density at radius 1 is 0.854 bits per heavy atom. The van der Waals surface area contributed by atoms with Crippen molar-refractivity contribution in [2.75, 3.05) is 0 Å². The van der Waals surface area contributed by atoms with Crippen LogP contribution in [0.2, 0.25) is 0 Å². The highest BCUT2D eigenvalue weighted by Crippen LogP contribution is 2.70. The smallest absolute Gasteiger partial charge is 0.306 e. The van der Waals surface area contributed by atoms with Crippen molar-refractivity contribution in [2.24, 2.45) is 50.7 Å². The number of aliphatic hydroxyl groups is 1. The van der Waals surface area contributed by atoms with Gasteiger partial charge in [0.15, 0.2) is 5.75 Å². The van der Waals surface area contributed by atoms with Crippen molar-refractivity contribution in [1.82, 2.24) is 0 Å². The molecule has 5 aliphatic carbocycles. The summed E-state index contributed by atoms with van der Waals surface area (Å²) in [4.78, 5) is 36.9. The Morgan fingerprint density at radius 2 is 1.56 bits per heavy atom. The first kappa shape index (κ1) is 35.2. The van der Waals surface area contributed by atoms with Crippen LogP contribution in [-0.2, 0) is 25.7 Å². The Bertz CT molecular complexity index is 1500. The molecular formula is C40H58O8. The standard InChI is InChI=1S/C40H58O8/c1-36(2)30-14-17-38(5)21-24-8-10-29-37(3,4)33(48-35(45)13-12-34(44)47-22-25-20-27(41)28(42)23-46-25)16-19-39(29,6)26(24)9-11-31(38)40(30,7)18-15-32(36)43/h8,20,23,26,29-33,42-43H,9-19,21-22H2,1-7H3/t26-,29-,30-,31-,32-,33+,38-,39+,40-/m0/s1. The highest BCUT2D eigenvalue weighted by molar-refractivity contribution is 5.77. The highest BCUT2D eigenvalue weighted by Gasteiger charge is 2.63. The van der Waals surface area contributed by atoms with Crippen LogP contribution < -0.4 is 5.43 Å². The molecule has 8 heteroatoms. The lowest BCUT2D eigenvalue weighted by atomic mass is 9.42. The first-order valence-electron chi connectivity index (χ1n) is 18.4. The van der Waals surface area contributed by atoms with Crippen LogP contribution in [0.1, 0.15) is 131 Å². The molecule has 8 nitrogen and oxygen atoms in total. The molecule has 48 heavy (non-hydrogen) atoms. The van der Waals surface area contributed by atoms with E-state index in [0.717, 1.165) is 44.4 Å². The minimum atomic E-state index is -0.615. The van der Waals surface area contributed by atoms with Gasteiger partial charge in [-0.25, -0.2) is 0 Å². The van der Waals surface area contributed by atoms with E-state index >= 15 is 0 Å². The number of allylic oxidation sites excluding steroid dienone is 2. The molecule has 1 aromatic heterocycles. The fourth-order valence-electron chi connectivity index (χ4n) is 12.3. The van der Waals surface area contributed by atoms with Crippen molar-refractivity contribution >= 4 is 11.9 Å². The molecule has 2 N–H and O–H groups in total. The van der Waals surface area contributed by atoms with Crippen molar-refractivity contribution in [3.63, 3.8) is 0 Å². The fraction of sp³-hybridized carbons (Fsp3) is 0.775. The maximum absolute atomic E-state index is 13.0. The summed E-state index contributed by atoms with van der Waals surface area (Å²) in [6.07, 6.45) is 13.8. The second-order valence-electron chi connectivity index (χ2n) is 18.2. The fourth-order valence-corrected chi connectivity index (χ4v) is 12.3. The van der Waals surface area contributed by atoms with E-state index in [0.29, 0.717) is 23.7 Å². The van der Waals surface area contributed by atoms with Gasteiger partial charge in [-0.3, -0.25) is 14.4 Å². The first-order chi connectivity index (χ1) is 22.4. The molecule has 0 saturated heterocycles. The Labute approximate surface area is 286 Å². The molecule has 1 aromatic rings. The van der Waals surface area contributed by atoms with Crippen LogP contribution >= 0.6 is 0 Å². The van der Waals surface area contributed by atoms with Gasteiger partial charge in [-0.15, -0.1) is 0 Å². The Morgan fingerprint density at radius 3 is 2.29 bits per heavy atom. The summed E-state index contributed by atoms with van der Waals surface area (Å²) in [5, 5.41) is 20.3. The zero-order chi connectivity index (χ0) is 34.9. The van der Waals surface area contributed by atoms with Crippen molar-refractivity contribution in [1.29, 1.82) is 0 Å². The zero-order valence-electron chi connectivity index (χ0n) is 30.2. The number of aromatic hydroxyl groups is 1. The van der Waals surface area contributed by atoms with Crippen LogP contribution in [0.3, 0.4) is 0 Å². The van der Waals surface area contributed by atoms with Crippen LogP contribution in [0, 0.1) is 50.7 Å². The minimum absolute atomic E-state index is 0.0449. The normalized spacial score (nSPS) is 39.7. The lowest BCUT2D eigenvalue weighted by Crippen LogP contribution is -2.58. The van der Waals surface area contributed by atoms with Gasteiger partial charge in [-0.2, -0.15) is 0 Å². The lowest BCUT2D eigenvalue weighted by molar-refractivity contribution is -0.175. The third-order valence-corrected chi connectivity index (χ3v) is 14.9. The molecule has 0 aromatic carbocycles. The van der Waals surface area contributed by atoms with Gasteiger partial charge in [0.1, 0.15) is 24.7 Å². The van der Waals surface area contributed by atoms with E-state index < -0.39 is 23.1 Å². The number of rotatable bonds is 6. The number of carbonyl (C=O) groups excluding carboxylic acids is 2. The molecule has 0 bridgehead atoms. The van der Waals surface area contributed by atoms with E-state index in [-0.39, 0.29) is 64.5 Å². The van der Waals surface area contributed by atoms with Gasteiger partial charge >= 0.3 is 11.9 Å². The summed E-state index contributed by atoms with van der Waals surface area (Å²) in [5.74, 6) is 0.746. The lowest BCUT2D eigenvalue weighted by Gasteiger charge is -2.63. The first-order valence-corrected chi connectivity index (χ1v) is 18.4. The van der Waals surface area contributed by atoms with Gasteiger partial charge in [0, 0.05) is 11.5 Å². The largest absolute Gasteiger partial charge is 0.502 e. The van der Waals surface area contributed by atoms with Gasteiger partial charge in [0.05, 0.1) is 18.9 Å². The van der Waals surface area contributed by atoms with Crippen molar-refractivity contribution in [3.8, 4) is 5.75 Å². The number of hydrogen-bond acceptors (Lipinski definition) is 8. The van der Waals surface area contributed by atoms with Gasteiger partial charge in [0.25, 0.3) is 0 Å². The summed E-state index contributed by atoms with van der Waals surface area (Å²) >= 11 is 0. The topological polar surface area (TPSA) is 123 Å². The van der Waals surface area contributed by atoms with E-state index in [4.69, 9.17) is 13.9 Å². The van der Waals surface area contributed by atoms with E-state index in [1.165, 1.54) is 32.1 Å². The number of esters is 2. The van der Waals surface area contributed by atoms with Crippen molar-refractivity contribution in [3.05, 3.63) is 40.0 Å². The van der Waals surface area contributed by atoms with E-state index in [1.54, 1.807) is 5.57 Å². The van der Waals surface area contributed by atoms with Gasteiger partial charge in [0.2, 0.25) is 5.43 Å². The number of fused-ring (bicyclic) bond motifs is 6. The number of aliphatic hydroxyl groups excluding tert-OH is 1. The molecule has 9 atom stereocenters. The van der Waals surface area contributed by atoms with Gasteiger partial charge in [-0.1, -0.05) is 60.1 Å². The predicted octanol–water partition coefficient (Wildman–Crippen LogP) is 7.87. The summed E-state index contributed by atoms with van der Waals surface area (Å²) in [7, 11) is 0. The van der Waals surface area contributed by atoms with Gasteiger partial charge in [-0.05, 0) is 110 Å². The summed E-state index contributed by atoms with van der Waals surface area (Å²) < 4.78 is 16.3. The van der Waals surface area contributed by atoms with Crippen LogP contribution in [0.25, 0.3) is 0 Å². The third kappa shape index (κ3) is 5.86. The third-order valence-electron chi connectivity index (χ3n) is 14.9. The summed E-state index contributed by atoms with van der Waals surface area (Å²) in [6.45, 7) is 16.6. The SMILES string of the molecule is CC1(C)[C@@H](O)CC[C@@]2(C)[C@H]1CC[C@@]1(C)CC3=CC[C@H]4C(C)(C)[C@H](OC(=O)CCC(=O)OCc5cc(=O)c(O)co5)CC[C@]4(C)[C@H]3CC[C@@H]12. The van der Waals surface area contributed by atoms with E-state index in [2.05, 4.69) is 54.5 Å². The number of hydrogen-bond donors (Lipinski definition) is 2. The van der Waals surface area contributed by atoms with E-state index in [1.807, 2.05) is 0 Å². The Kier molecular flexibility index (Phi) is 9.03. The molecule has 5 aliphatic rings. The van der Waals surface area contributed by atoms with Crippen molar-refractivity contribution < 1.29 is 33.7 Å². The Balaban J connectivity index is 1.10. The molecule has 0 amide bonds. The molecular weight excluding hydrogens is 608 g/mol. The molecule has 1 heterocycles. The minimum Gasteiger partial charge on any atom is -0.502 e. The van der Waals surface area contributed by atoms with Gasteiger partial charge < -0.3 is 24.1 Å². The highest BCUT2D eigenvalue weighted by atomic mass is 16.6. The second kappa shape index (κ2) is 12.3. The van der Waals surface area contributed by atoms with Crippen LogP contribution in [-0.4, -0.2) is 34.4 Å². The summed E-state index contributed by atoms with van der Waals surface area (Å²) in [5.41, 5.74) is 1.47. The molecule has 0 radical (unpaired) electrons. The van der Waals surface area contributed by atoms with Crippen LogP contribution in [0.15, 0.2) is 33.2 Å². The quantitative estimate of drug-likeness (QED) is 0.232. The Hall–Kier alpha value is -2.61. The van der Waals surface area contributed by atoms with E-state index in [9.17, 15) is 24.6 Å². The van der Waals surface area contributed by atoms with Crippen molar-refractivity contribution in [2.45, 2.75) is 144 Å². The maximum atomic E-state index is 13.0. The summed E-state index contributed by atoms with van der Waals surface area (Å²) in [6, 6.07) is 1.07. The predicted molar refractivity (Wildman–Crippen MR) is 182 cm³/mol.